The SMILES string of the molecule is CCCC1NCC(=O)N1C. The zero-order valence-corrected chi connectivity index (χ0v) is 6.55. The molecule has 0 spiro atoms. The van der Waals surface area contributed by atoms with Gasteiger partial charge in [0.15, 0.2) is 0 Å². The highest BCUT2D eigenvalue weighted by atomic mass is 16.2. The third-order valence-electron chi connectivity index (χ3n) is 1.91. The Labute approximate surface area is 61.4 Å². The molecule has 0 aromatic carbocycles. The Morgan fingerprint density at radius 3 is 2.90 bits per heavy atom. The van der Waals surface area contributed by atoms with Crippen LogP contribution < -0.4 is 5.32 Å². The van der Waals surface area contributed by atoms with Crippen LogP contribution in [0.1, 0.15) is 19.8 Å². The van der Waals surface area contributed by atoms with Gasteiger partial charge in [-0.1, -0.05) is 13.3 Å². The second-order valence-electron chi connectivity index (χ2n) is 2.69. The van der Waals surface area contributed by atoms with Gasteiger partial charge >= 0.3 is 0 Å². The summed E-state index contributed by atoms with van der Waals surface area (Å²) in [6, 6.07) is 0. The van der Waals surface area contributed by atoms with Crippen LogP contribution in [0.3, 0.4) is 0 Å². The van der Waals surface area contributed by atoms with E-state index in [4.69, 9.17) is 0 Å². The Balaban J connectivity index is 2.41. The van der Waals surface area contributed by atoms with E-state index in [2.05, 4.69) is 12.2 Å². The molecular formula is C7H14N2O. The standard InChI is InChI=1S/C7H14N2O/c1-3-4-6-8-5-7(10)9(6)2/h6,8H,3-5H2,1-2H3. The topological polar surface area (TPSA) is 32.3 Å². The third-order valence-corrected chi connectivity index (χ3v) is 1.91. The quantitative estimate of drug-likeness (QED) is 0.596. The van der Waals surface area contributed by atoms with Gasteiger partial charge in [0.05, 0.1) is 12.7 Å². The van der Waals surface area contributed by atoms with Gasteiger partial charge in [-0.2, -0.15) is 0 Å². The molecule has 0 aromatic rings. The van der Waals surface area contributed by atoms with Crippen molar-refractivity contribution in [1.82, 2.24) is 10.2 Å². The largest absolute Gasteiger partial charge is 0.329 e. The molecule has 10 heavy (non-hydrogen) atoms. The Morgan fingerprint density at radius 1 is 1.80 bits per heavy atom. The van der Waals surface area contributed by atoms with Gasteiger partial charge in [-0.25, -0.2) is 0 Å². The Morgan fingerprint density at radius 2 is 2.50 bits per heavy atom. The van der Waals surface area contributed by atoms with Crippen LogP contribution in [-0.2, 0) is 4.79 Å². The van der Waals surface area contributed by atoms with E-state index < -0.39 is 0 Å². The van der Waals surface area contributed by atoms with Crippen molar-refractivity contribution in [3.63, 3.8) is 0 Å². The highest BCUT2D eigenvalue weighted by Gasteiger charge is 2.25. The highest BCUT2D eigenvalue weighted by Crippen LogP contribution is 2.06. The van der Waals surface area contributed by atoms with E-state index in [1.54, 1.807) is 4.90 Å². The lowest BCUT2D eigenvalue weighted by atomic mass is 10.3. The molecule has 0 saturated carbocycles. The fourth-order valence-electron chi connectivity index (χ4n) is 1.21. The van der Waals surface area contributed by atoms with Crippen LogP contribution in [0.4, 0.5) is 0 Å². The van der Waals surface area contributed by atoms with Crippen molar-refractivity contribution < 1.29 is 4.79 Å². The number of rotatable bonds is 2. The zero-order valence-electron chi connectivity index (χ0n) is 6.55. The van der Waals surface area contributed by atoms with E-state index in [9.17, 15) is 4.79 Å². The van der Waals surface area contributed by atoms with Crippen LogP contribution in [0.25, 0.3) is 0 Å². The van der Waals surface area contributed by atoms with Crippen molar-refractivity contribution in [1.29, 1.82) is 0 Å². The molecule has 1 saturated heterocycles. The average Bonchev–Trinajstić information content (AvgIpc) is 2.20. The zero-order chi connectivity index (χ0) is 7.56. The van der Waals surface area contributed by atoms with E-state index in [-0.39, 0.29) is 12.1 Å². The summed E-state index contributed by atoms with van der Waals surface area (Å²) in [5, 5.41) is 3.13. The number of likely N-dealkylation sites (N-methyl/N-ethyl adjacent to an activating group) is 1. The molecule has 0 aromatic heterocycles. The molecule has 1 N–H and O–H groups in total. The minimum Gasteiger partial charge on any atom is -0.329 e. The molecule has 1 aliphatic rings. The monoisotopic (exact) mass is 142 g/mol. The predicted molar refractivity (Wildman–Crippen MR) is 39.5 cm³/mol. The average molecular weight is 142 g/mol. The second-order valence-corrected chi connectivity index (χ2v) is 2.69. The van der Waals surface area contributed by atoms with Crippen LogP contribution >= 0.6 is 0 Å². The molecule has 1 heterocycles. The molecule has 3 heteroatoms. The molecule has 1 amide bonds. The predicted octanol–water partition coefficient (Wildman–Crippen LogP) is 0.174. The number of nitrogens with one attached hydrogen (secondary N) is 1. The van der Waals surface area contributed by atoms with Gasteiger partial charge in [-0.3, -0.25) is 10.1 Å². The van der Waals surface area contributed by atoms with E-state index >= 15 is 0 Å². The maximum atomic E-state index is 10.9. The van der Waals surface area contributed by atoms with Crippen LogP contribution in [0.5, 0.6) is 0 Å². The van der Waals surface area contributed by atoms with Crippen molar-refractivity contribution in [3.8, 4) is 0 Å². The van der Waals surface area contributed by atoms with E-state index in [1.807, 2.05) is 7.05 Å². The van der Waals surface area contributed by atoms with Crippen molar-refractivity contribution in [3.05, 3.63) is 0 Å². The van der Waals surface area contributed by atoms with Crippen molar-refractivity contribution in [2.75, 3.05) is 13.6 Å². The summed E-state index contributed by atoms with van der Waals surface area (Å²) < 4.78 is 0. The Hall–Kier alpha value is -0.570. The van der Waals surface area contributed by atoms with Crippen LogP contribution in [0.15, 0.2) is 0 Å². The summed E-state index contributed by atoms with van der Waals surface area (Å²) in [5.74, 6) is 0.207. The summed E-state index contributed by atoms with van der Waals surface area (Å²) in [5.41, 5.74) is 0. The molecule has 1 unspecified atom stereocenters. The number of hydrogen-bond acceptors (Lipinski definition) is 2. The maximum Gasteiger partial charge on any atom is 0.237 e. The van der Waals surface area contributed by atoms with Gasteiger partial charge in [0.2, 0.25) is 5.91 Å². The highest BCUT2D eigenvalue weighted by molar-refractivity contribution is 5.80. The van der Waals surface area contributed by atoms with E-state index in [1.165, 1.54) is 0 Å². The molecule has 1 aliphatic heterocycles. The van der Waals surface area contributed by atoms with Crippen LogP contribution in [-0.4, -0.2) is 30.6 Å². The molecule has 1 atom stereocenters. The molecule has 1 fully saturated rings. The van der Waals surface area contributed by atoms with Gasteiger partial charge in [0.25, 0.3) is 0 Å². The minimum absolute atomic E-state index is 0.207. The molecular weight excluding hydrogens is 128 g/mol. The van der Waals surface area contributed by atoms with Crippen molar-refractivity contribution >= 4 is 5.91 Å². The summed E-state index contributed by atoms with van der Waals surface area (Å²) in [6.45, 7) is 2.64. The Kier molecular flexibility index (Phi) is 2.27. The first kappa shape index (κ1) is 7.54. The molecule has 1 rings (SSSR count). The lowest BCUT2D eigenvalue weighted by molar-refractivity contribution is -0.126. The summed E-state index contributed by atoms with van der Waals surface area (Å²) in [6.07, 6.45) is 2.47. The molecule has 0 aliphatic carbocycles. The number of amides is 1. The fourth-order valence-corrected chi connectivity index (χ4v) is 1.21. The second kappa shape index (κ2) is 3.01. The van der Waals surface area contributed by atoms with Gasteiger partial charge in [-0.15, -0.1) is 0 Å². The first-order valence-corrected chi connectivity index (χ1v) is 3.74. The number of carbonyl (C=O) groups is 1. The van der Waals surface area contributed by atoms with Gasteiger partial charge < -0.3 is 4.90 Å². The Bertz CT molecular complexity index is 136. The number of carbonyl (C=O) groups excluding carboxylic acids is 1. The summed E-state index contributed by atoms with van der Waals surface area (Å²) in [7, 11) is 1.85. The molecule has 3 nitrogen and oxygen atoms in total. The first-order chi connectivity index (χ1) is 4.75. The van der Waals surface area contributed by atoms with Gasteiger partial charge in [0.1, 0.15) is 0 Å². The molecule has 0 bridgehead atoms. The maximum absolute atomic E-state index is 10.9. The summed E-state index contributed by atoms with van der Waals surface area (Å²) >= 11 is 0. The third kappa shape index (κ3) is 1.29. The van der Waals surface area contributed by atoms with Gasteiger partial charge in [0, 0.05) is 7.05 Å². The van der Waals surface area contributed by atoms with Crippen LogP contribution in [0, 0.1) is 0 Å². The molecule has 0 radical (unpaired) electrons. The van der Waals surface area contributed by atoms with E-state index in [0.29, 0.717) is 6.54 Å². The number of hydrogen-bond donors (Lipinski definition) is 1. The van der Waals surface area contributed by atoms with Crippen molar-refractivity contribution in [2.24, 2.45) is 0 Å². The first-order valence-electron chi connectivity index (χ1n) is 3.74. The fraction of sp³-hybridized carbons (Fsp3) is 0.857. The lowest BCUT2D eigenvalue weighted by Gasteiger charge is -2.17. The minimum atomic E-state index is 0.207. The summed E-state index contributed by atoms with van der Waals surface area (Å²) in [4.78, 5) is 12.7. The van der Waals surface area contributed by atoms with E-state index in [0.717, 1.165) is 12.8 Å². The number of nitrogens with zero attached hydrogens (tertiary/aromatic N) is 1. The lowest BCUT2D eigenvalue weighted by Crippen LogP contribution is -2.33. The normalized spacial score (nSPS) is 26.0. The molecule has 58 valence electrons. The van der Waals surface area contributed by atoms with Crippen molar-refractivity contribution in [2.45, 2.75) is 25.9 Å². The van der Waals surface area contributed by atoms with Crippen LogP contribution in [0.2, 0.25) is 0 Å². The van der Waals surface area contributed by atoms with Gasteiger partial charge in [-0.05, 0) is 6.42 Å². The smallest absolute Gasteiger partial charge is 0.237 e.